The van der Waals surface area contributed by atoms with Gasteiger partial charge in [0.15, 0.2) is 0 Å². The summed E-state index contributed by atoms with van der Waals surface area (Å²) >= 11 is 1.82. The maximum absolute atomic E-state index is 4.45. The van der Waals surface area contributed by atoms with E-state index in [1.54, 1.807) is 0 Å². The SMILES string of the molecule is CCc1cnc(C(C)NCCNC2CC2)s1. The summed E-state index contributed by atoms with van der Waals surface area (Å²) in [5.41, 5.74) is 0. The Morgan fingerprint density at radius 2 is 2.31 bits per heavy atom. The third kappa shape index (κ3) is 3.54. The molecule has 0 radical (unpaired) electrons. The Labute approximate surface area is 102 Å². The van der Waals surface area contributed by atoms with E-state index < -0.39 is 0 Å². The summed E-state index contributed by atoms with van der Waals surface area (Å²) in [4.78, 5) is 5.82. The second-order valence-corrected chi connectivity index (χ2v) is 5.57. The summed E-state index contributed by atoms with van der Waals surface area (Å²) in [7, 11) is 0. The molecule has 0 spiro atoms. The summed E-state index contributed by atoms with van der Waals surface area (Å²) in [5.74, 6) is 0. The molecule has 0 aromatic carbocycles. The van der Waals surface area contributed by atoms with E-state index in [1.165, 1.54) is 22.7 Å². The highest BCUT2D eigenvalue weighted by Gasteiger charge is 2.19. The molecular weight excluding hydrogens is 218 g/mol. The van der Waals surface area contributed by atoms with Gasteiger partial charge in [0, 0.05) is 30.2 Å². The van der Waals surface area contributed by atoms with Crippen molar-refractivity contribution in [3.8, 4) is 0 Å². The van der Waals surface area contributed by atoms with Crippen molar-refractivity contribution in [2.45, 2.75) is 45.2 Å². The Bertz CT molecular complexity index is 320. The lowest BCUT2D eigenvalue weighted by Gasteiger charge is -2.11. The maximum atomic E-state index is 4.45. The van der Waals surface area contributed by atoms with E-state index in [2.05, 4.69) is 29.5 Å². The Morgan fingerprint density at radius 1 is 1.50 bits per heavy atom. The lowest BCUT2D eigenvalue weighted by molar-refractivity contribution is 0.542. The van der Waals surface area contributed by atoms with Crippen LogP contribution >= 0.6 is 11.3 Å². The van der Waals surface area contributed by atoms with E-state index in [4.69, 9.17) is 0 Å². The lowest BCUT2D eigenvalue weighted by Crippen LogP contribution is -2.30. The van der Waals surface area contributed by atoms with Gasteiger partial charge >= 0.3 is 0 Å². The van der Waals surface area contributed by atoms with E-state index in [-0.39, 0.29) is 0 Å². The van der Waals surface area contributed by atoms with Gasteiger partial charge in [-0.3, -0.25) is 0 Å². The summed E-state index contributed by atoms with van der Waals surface area (Å²) < 4.78 is 0. The van der Waals surface area contributed by atoms with Crippen molar-refractivity contribution < 1.29 is 0 Å². The van der Waals surface area contributed by atoms with Crippen molar-refractivity contribution in [2.24, 2.45) is 0 Å². The number of thiazole rings is 1. The van der Waals surface area contributed by atoms with E-state index >= 15 is 0 Å². The zero-order chi connectivity index (χ0) is 11.4. The summed E-state index contributed by atoms with van der Waals surface area (Å²) in [6.45, 7) is 6.46. The van der Waals surface area contributed by atoms with Crippen molar-refractivity contribution in [3.05, 3.63) is 16.1 Å². The normalized spacial score (nSPS) is 17.6. The fourth-order valence-electron chi connectivity index (χ4n) is 1.63. The van der Waals surface area contributed by atoms with E-state index in [1.807, 2.05) is 17.5 Å². The van der Waals surface area contributed by atoms with Crippen LogP contribution in [0.25, 0.3) is 0 Å². The number of hydrogen-bond acceptors (Lipinski definition) is 4. The minimum Gasteiger partial charge on any atom is -0.313 e. The Balaban J connectivity index is 1.67. The Morgan fingerprint density at radius 3 is 2.94 bits per heavy atom. The van der Waals surface area contributed by atoms with Crippen LogP contribution in [0.3, 0.4) is 0 Å². The Hall–Kier alpha value is -0.450. The molecule has 1 unspecified atom stereocenters. The van der Waals surface area contributed by atoms with Crippen LogP contribution in [0, 0.1) is 0 Å². The molecule has 16 heavy (non-hydrogen) atoms. The van der Waals surface area contributed by atoms with Gasteiger partial charge < -0.3 is 10.6 Å². The molecule has 0 bridgehead atoms. The summed E-state index contributed by atoms with van der Waals surface area (Å²) in [6, 6.07) is 1.19. The fourth-order valence-corrected chi connectivity index (χ4v) is 2.51. The van der Waals surface area contributed by atoms with E-state index in [9.17, 15) is 0 Å². The third-order valence-electron chi connectivity index (χ3n) is 2.88. The smallest absolute Gasteiger partial charge is 0.109 e. The number of aryl methyl sites for hydroxylation is 1. The van der Waals surface area contributed by atoms with Crippen LogP contribution in [-0.4, -0.2) is 24.1 Å². The molecule has 0 aliphatic heterocycles. The highest BCUT2D eigenvalue weighted by atomic mass is 32.1. The number of hydrogen-bond donors (Lipinski definition) is 2. The average Bonchev–Trinajstić information content (AvgIpc) is 2.99. The van der Waals surface area contributed by atoms with Gasteiger partial charge in [0.2, 0.25) is 0 Å². The molecule has 1 aromatic rings. The lowest BCUT2D eigenvalue weighted by atomic mass is 10.3. The summed E-state index contributed by atoms with van der Waals surface area (Å²) in [5, 5.41) is 8.22. The first-order chi connectivity index (χ1) is 7.79. The molecule has 3 nitrogen and oxygen atoms in total. The van der Waals surface area contributed by atoms with Gasteiger partial charge in [-0.05, 0) is 26.2 Å². The minimum atomic E-state index is 0.381. The molecule has 1 aliphatic carbocycles. The molecule has 0 saturated heterocycles. The fraction of sp³-hybridized carbons (Fsp3) is 0.750. The molecule has 1 heterocycles. The molecular formula is C12H21N3S. The second kappa shape index (κ2) is 5.75. The van der Waals surface area contributed by atoms with Gasteiger partial charge in [-0.15, -0.1) is 11.3 Å². The van der Waals surface area contributed by atoms with Crippen molar-refractivity contribution >= 4 is 11.3 Å². The van der Waals surface area contributed by atoms with Gasteiger partial charge in [0.1, 0.15) is 5.01 Å². The van der Waals surface area contributed by atoms with Gasteiger partial charge in [-0.25, -0.2) is 4.98 Å². The van der Waals surface area contributed by atoms with Crippen LogP contribution < -0.4 is 10.6 Å². The number of aromatic nitrogens is 1. The standard InChI is InChI=1S/C12H21N3S/c1-3-11-8-15-12(16-11)9(2)13-6-7-14-10-4-5-10/h8-10,13-14H,3-7H2,1-2H3. The zero-order valence-electron chi connectivity index (χ0n) is 10.1. The molecule has 2 rings (SSSR count). The van der Waals surface area contributed by atoms with Crippen molar-refractivity contribution in [3.63, 3.8) is 0 Å². The monoisotopic (exact) mass is 239 g/mol. The Kier molecular flexibility index (Phi) is 4.32. The molecule has 0 amide bonds. The minimum absolute atomic E-state index is 0.381. The number of nitrogens with one attached hydrogen (secondary N) is 2. The largest absolute Gasteiger partial charge is 0.313 e. The number of rotatable bonds is 7. The molecule has 1 aliphatic rings. The predicted octanol–water partition coefficient (Wildman–Crippen LogP) is 2.11. The van der Waals surface area contributed by atoms with Crippen LogP contribution in [0.1, 0.15) is 42.6 Å². The first-order valence-electron chi connectivity index (χ1n) is 6.21. The van der Waals surface area contributed by atoms with Gasteiger partial charge in [-0.2, -0.15) is 0 Å². The van der Waals surface area contributed by atoms with Crippen molar-refractivity contribution in [2.75, 3.05) is 13.1 Å². The number of nitrogens with zero attached hydrogens (tertiary/aromatic N) is 1. The quantitative estimate of drug-likeness (QED) is 0.716. The first-order valence-corrected chi connectivity index (χ1v) is 7.02. The van der Waals surface area contributed by atoms with Gasteiger partial charge in [0.05, 0.1) is 6.04 Å². The van der Waals surface area contributed by atoms with Gasteiger partial charge in [-0.1, -0.05) is 6.92 Å². The van der Waals surface area contributed by atoms with Crippen LogP contribution in [0.15, 0.2) is 6.20 Å². The predicted molar refractivity (Wildman–Crippen MR) is 68.9 cm³/mol. The van der Waals surface area contributed by atoms with Crippen LogP contribution in [0.5, 0.6) is 0 Å². The second-order valence-electron chi connectivity index (χ2n) is 4.42. The van der Waals surface area contributed by atoms with Crippen molar-refractivity contribution in [1.29, 1.82) is 0 Å². The van der Waals surface area contributed by atoms with Crippen molar-refractivity contribution in [1.82, 2.24) is 15.6 Å². The molecule has 1 fully saturated rings. The van der Waals surface area contributed by atoms with E-state index in [0.29, 0.717) is 6.04 Å². The van der Waals surface area contributed by atoms with Crippen LogP contribution in [0.2, 0.25) is 0 Å². The molecule has 1 aromatic heterocycles. The maximum Gasteiger partial charge on any atom is 0.109 e. The molecule has 2 N–H and O–H groups in total. The van der Waals surface area contributed by atoms with Gasteiger partial charge in [0.25, 0.3) is 0 Å². The van der Waals surface area contributed by atoms with Crippen LogP contribution in [0.4, 0.5) is 0 Å². The molecule has 1 saturated carbocycles. The van der Waals surface area contributed by atoms with Crippen LogP contribution in [-0.2, 0) is 6.42 Å². The topological polar surface area (TPSA) is 37.0 Å². The molecule has 90 valence electrons. The third-order valence-corrected chi connectivity index (χ3v) is 4.20. The molecule has 1 atom stereocenters. The zero-order valence-corrected chi connectivity index (χ0v) is 10.9. The molecule has 4 heteroatoms. The highest BCUT2D eigenvalue weighted by molar-refractivity contribution is 7.11. The first kappa shape index (κ1) is 12.0. The summed E-state index contributed by atoms with van der Waals surface area (Å²) in [6.07, 6.45) is 5.82. The van der Waals surface area contributed by atoms with E-state index in [0.717, 1.165) is 25.6 Å². The highest BCUT2D eigenvalue weighted by Crippen LogP contribution is 2.20. The average molecular weight is 239 g/mol.